The van der Waals surface area contributed by atoms with Gasteiger partial charge in [0.15, 0.2) is 11.6 Å². The summed E-state index contributed by atoms with van der Waals surface area (Å²) in [4.78, 5) is 82.1. The van der Waals surface area contributed by atoms with Crippen molar-refractivity contribution in [3.05, 3.63) is 274 Å². The molecule has 0 atom stereocenters. The number of esters is 4. The zero-order chi connectivity index (χ0) is 64.7. The third-order valence-corrected chi connectivity index (χ3v) is 14.4. The Morgan fingerprint density at radius 3 is 0.967 bits per heavy atom. The molecule has 0 N–H and O–H groups in total. The Labute approximate surface area is 527 Å². The number of fused-ring (bicyclic) bond motifs is 2. The SMILES string of the molecule is COc1ccc(/C=C(\C#N)C(=O)Oc2ccc(C(=O)Oc3ccc4cc(/C=C/C(=O)c5ccc(OC)cc5)ccc4c3-c3c(OC(=O)c4ccc(OC(=O)/C(C#N)=C/c5ccc(OC)cc5)cc4)ccc4cc(/C=C/C(=O)c5ccc(OC)cc5)ccc34)cc2)cc1. The zero-order valence-electron chi connectivity index (χ0n) is 49.7. The molecule has 0 fully saturated rings. The van der Waals surface area contributed by atoms with Gasteiger partial charge in [0.25, 0.3) is 0 Å². The second-order valence-corrected chi connectivity index (χ2v) is 20.2. The van der Waals surface area contributed by atoms with Crippen LogP contribution in [0.25, 0.3) is 57.0 Å². The average Bonchev–Trinajstić information content (AvgIpc) is 0.759. The van der Waals surface area contributed by atoms with E-state index in [-0.39, 0.29) is 56.8 Å². The predicted molar refractivity (Wildman–Crippen MR) is 347 cm³/mol. The number of benzene rings is 10. The number of hydrogen-bond acceptors (Lipinski definition) is 16. The second-order valence-electron chi connectivity index (χ2n) is 20.2. The first-order valence-electron chi connectivity index (χ1n) is 28.2. The minimum atomic E-state index is -0.929. The number of allylic oxidation sites excluding steroid dienone is 2. The highest BCUT2D eigenvalue weighted by atomic mass is 16.6. The normalized spacial score (nSPS) is 11.3. The largest absolute Gasteiger partial charge is 0.497 e. The minimum Gasteiger partial charge on any atom is -0.497 e. The molecule has 0 radical (unpaired) electrons. The Bertz CT molecular complexity index is 4400. The van der Waals surface area contributed by atoms with Crippen LogP contribution >= 0.6 is 0 Å². The van der Waals surface area contributed by atoms with Gasteiger partial charge in [0.05, 0.1) is 39.6 Å². The van der Waals surface area contributed by atoms with Crippen LogP contribution in [0.4, 0.5) is 0 Å². The number of rotatable bonds is 21. The quantitative estimate of drug-likeness (QED) is 0.0214. The van der Waals surface area contributed by atoms with Crippen LogP contribution in [0.1, 0.15) is 63.7 Å². The fraction of sp³-hybridized carbons (Fsp3) is 0.0526. The van der Waals surface area contributed by atoms with Crippen molar-refractivity contribution < 1.29 is 66.7 Å². The van der Waals surface area contributed by atoms with E-state index in [2.05, 4.69) is 0 Å². The summed E-state index contributed by atoms with van der Waals surface area (Å²) in [6.07, 6.45) is 9.00. The van der Waals surface area contributed by atoms with E-state index in [0.29, 0.717) is 89.1 Å². The molecule has 0 aliphatic rings. The van der Waals surface area contributed by atoms with Gasteiger partial charge in [-0.2, -0.15) is 10.5 Å². The van der Waals surface area contributed by atoms with E-state index in [0.717, 1.165) is 0 Å². The molecule has 0 aromatic heterocycles. The molecule has 450 valence electrons. The monoisotopic (exact) mass is 1220 g/mol. The molecule has 0 aliphatic carbocycles. The molecular weight excluding hydrogens is 1160 g/mol. The zero-order valence-corrected chi connectivity index (χ0v) is 49.7. The summed E-state index contributed by atoms with van der Waals surface area (Å²) in [6, 6.07) is 59.2. The fourth-order valence-electron chi connectivity index (χ4n) is 9.56. The van der Waals surface area contributed by atoms with Crippen molar-refractivity contribution >= 4 is 81.3 Å². The van der Waals surface area contributed by atoms with E-state index in [1.807, 2.05) is 24.3 Å². The Hall–Kier alpha value is -12.9. The Kier molecular flexibility index (Phi) is 19.4. The number of ketones is 2. The first-order valence-corrected chi connectivity index (χ1v) is 28.2. The summed E-state index contributed by atoms with van der Waals surface area (Å²) in [5.74, 6) is -1.51. The fourth-order valence-corrected chi connectivity index (χ4v) is 9.56. The van der Waals surface area contributed by atoms with Crippen LogP contribution in [-0.4, -0.2) is 63.9 Å². The smallest absolute Gasteiger partial charge is 0.354 e. The third kappa shape index (κ3) is 14.9. The van der Waals surface area contributed by atoms with Gasteiger partial charge in [-0.05, 0) is 214 Å². The summed E-state index contributed by atoms with van der Waals surface area (Å²) in [5, 5.41) is 22.0. The molecule has 0 bridgehead atoms. The number of carbonyl (C=O) groups excluding carboxylic acids is 6. The van der Waals surface area contributed by atoms with Crippen molar-refractivity contribution in [2.45, 2.75) is 0 Å². The number of nitrogens with zero attached hydrogens (tertiary/aromatic N) is 2. The predicted octanol–water partition coefficient (Wildman–Crippen LogP) is 15.0. The van der Waals surface area contributed by atoms with Crippen molar-refractivity contribution in [3.8, 4) is 69.3 Å². The van der Waals surface area contributed by atoms with Crippen LogP contribution < -0.4 is 37.9 Å². The summed E-state index contributed by atoms with van der Waals surface area (Å²) < 4.78 is 44.7. The summed E-state index contributed by atoms with van der Waals surface area (Å²) in [7, 11) is 6.12. The Balaban J connectivity index is 1.02. The van der Waals surface area contributed by atoms with E-state index in [1.54, 1.807) is 158 Å². The first-order chi connectivity index (χ1) is 44.7. The maximum absolute atomic E-state index is 14.5. The molecule has 0 amide bonds. The van der Waals surface area contributed by atoms with Crippen LogP contribution in [0.3, 0.4) is 0 Å². The lowest BCUT2D eigenvalue weighted by Crippen LogP contribution is -2.12. The van der Waals surface area contributed by atoms with Gasteiger partial charge < -0.3 is 37.9 Å². The van der Waals surface area contributed by atoms with Gasteiger partial charge in [-0.1, -0.05) is 72.8 Å². The maximum atomic E-state index is 14.5. The number of ether oxygens (including phenoxy) is 8. The van der Waals surface area contributed by atoms with Crippen LogP contribution in [0.5, 0.6) is 46.0 Å². The van der Waals surface area contributed by atoms with Crippen LogP contribution in [0.15, 0.2) is 230 Å². The first kappa shape index (κ1) is 62.1. The highest BCUT2D eigenvalue weighted by Gasteiger charge is 2.25. The van der Waals surface area contributed by atoms with Gasteiger partial charge in [-0.15, -0.1) is 0 Å². The number of carbonyl (C=O) groups is 6. The average molecular weight is 1220 g/mol. The minimum absolute atomic E-state index is 0.0288. The van der Waals surface area contributed by atoms with E-state index < -0.39 is 23.9 Å². The third-order valence-electron chi connectivity index (χ3n) is 14.4. The molecule has 0 aliphatic heterocycles. The van der Waals surface area contributed by atoms with Gasteiger partial charge in [-0.25, -0.2) is 19.2 Å². The summed E-state index contributed by atoms with van der Waals surface area (Å²) in [5.41, 5.74) is 3.45. The van der Waals surface area contributed by atoms with E-state index in [4.69, 9.17) is 37.9 Å². The summed E-state index contributed by atoms with van der Waals surface area (Å²) in [6.45, 7) is 0. The molecule has 0 heterocycles. The lowest BCUT2D eigenvalue weighted by atomic mass is 9.90. The topological polar surface area (TPSA) is 224 Å². The van der Waals surface area contributed by atoms with Crippen LogP contribution in [0, 0.1) is 22.7 Å². The molecule has 92 heavy (non-hydrogen) atoms. The van der Waals surface area contributed by atoms with E-state index in [9.17, 15) is 39.3 Å². The Morgan fingerprint density at radius 2 is 0.641 bits per heavy atom. The molecule has 16 heteroatoms. The molecule has 0 saturated carbocycles. The molecule has 0 saturated heterocycles. The van der Waals surface area contributed by atoms with Gasteiger partial charge in [-0.3, -0.25) is 9.59 Å². The van der Waals surface area contributed by atoms with Gasteiger partial charge in [0, 0.05) is 22.3 Å². The molecule has 10 aromatic carbocycles. The van der Waals surface area contributed by atoms with E-state index in [1.165, 1.54) is 101 Å². The summed E-state index contributed by atoms with van der Waals surface area (Å²) >= 11 is 0. The van der Waals surface area contributed by atoms with E-state index >= 15 is 0 Å². The van der Waals surface area contributed by atoms with Crippen LogP contribution in [-0.2, 0) is 9.59 Å². The van der Waals surface area contributed by atoms with Gasteiger partial charge >= 0.3 is 23.9 Å². The van der Waals surface area contributed by atoms with Crippen molar-refractivity contribution in [3.63, 3.8) is 0 Å². The highest BCUT2D eigenvalue weighted by molar-refractivity contribution is 6.13. The van der Waals surface area contributed by atoms with Crippen molar-refractivity contribution in [1.29, 1.82) is 10.5 Å². The molecule has 0 spiro atoms. The maximum Gasteiger partial charge on any atom is 0.354 e. The van der Waals surface area contributed by atoms with Crippen molar-refractivity contribution in [2.24, 2.45) is 0 Å². The lowest BCUT2D eigenvalue weighted by molar-refractivity contribution is -0.130. The molecule has 0 unspecified atom stereocenters. The second kappa shape index (κ2) is 28.7. The number of nitriles is 2. The van der Waals surface area contributed by atoms with Crippen molar-refractivity contribution in [2.75, 3.05) is 28.4 Å². The number of methoxy groups -OCH3 is 4. The standard InChI is InChI=1S/C76H52N2O14/c1-85-59-23-5-47(6-24-59)43-57(45-77)75(83)89-63-31-17-53(18-32-63)73(81)91-69-39-21-55-41-49(11-37-67(79)51-13-27-61(87-3)28-14-51)9-35-65(55)71(69)72-66-36-10-50(12-38-68(80)52-15-29-62(88-4)30-16-52)42-56(66)22-40-70(72)92-74(82)54-19-33-64(34-20-54)90-76(84)58(46-78)44-48-7-25-60(86-2)26-8-48/h5-44H,1-4H3/b37-11+,38-12+,57-43+,58-44+. The Morgan fingerprint density at radius 1 is 0.337 bits per heavy atom. The van der Waals surface area contributed by atoms with Crippen LogP contribution in [0.2, 0.25) is 0 Å². The van der Waals surface area contributed by atoms with Gasteiger partial charge in [0.1, 0.15) is 69.3 Å². The molecular formula is C76H52N2O14. The molecule has 10 rings (SSSR count). The number of hydrogen-bond donors (Lipinski definition) is 0. The lowest BCUT2D eigenvalue weighted by Gasteiger charge is -2.19. The van der Waals surface area contributed by atoms with Crippen molar-refractivity contribution in [1.82, 2.24) is 0 Å². The highest BCUT2D eigenvalue weighted by Crippen LogP contribution is 2.47. The molecule has 16 nitrogen and oxygen atoms in total. The van der Waals surface area contributed by atoms with Gasteiger partial charge in [0.2, 0.25) is 0 Å². The molecule has 10 aromatic rings.